The summed E-state index contributed by atoms with van der Waals surface area (Å²) in [5.74, 6) is 1.79. The second-order valence-corrected chi connectivity index (χ2v) is 8.20. The van der Waals surface area contributed by atoms with E-state index in [9.17, 15) is 4.79 Å². The molecule has 1 unspecified atom stereocenters. The minimum absolute atomic E-state index is 0.0423. The van der Waals surface area contributed by atoms with Crippen molar-refractivity contribution < 1.29 is 19.0 Å². The van der Waals surface area contributed by atoms with E-state index in [-0.39, 0.29) is 24.0 Å². The lowest BCUT2D eigenvalue weighted by atomic mass is 9.87. The molecule has 1 amide bonds. The van der Waals surface area contributed by atoms with Crippen LogP contribution in [-0.2, 0) is 16.1 Å². The van der Waals surface area contributed by atoms with Crippen LogP contribution in [0.5, 0.6) is 11.5 Å². The molecule has 0 saturated carbocycles. The topological polar surface area (TPSA) is 51.2 Å². The van der Waals surface area contributed by atoms with Crippen molar-refractivity contribution in [1.82, 2.24) is 9.80 Å². The number of fused-ring (bicyclic) bond motifs is 1. The zero-order chi connectivity index (χ0) is 18.3. The van der Waals surface area contributed by atoms with Crippen molar-refractivity contribution in [2.24, 2.45) is 5.41 Å². The van der Waals surface area contributed by atoms with Crippen LogP contribution in [0.4, 0.5) is 0 Å². The Bertz CT molecular complexity index is 705. The third kappa shape index (κ3) is 3.28. The molecule has 0 radical (unpaired) electrons. The molecule has 1 aromatic carbocycles. The lowest BCUT2D eigenvalue weighted by Crippen LogP contribution is -2.45. The van der Waals surface area contributed by atoms with E-state index in [2.05, 4.69) is 37.8 Å². The first-order valence-electron chi connectivity index (χ1n) is 9.44. The highest BCUT2D eigenvalue weighted by Crippen LogP contribution is 2.38. The average molecular weight is 360 g/mol. The van der Waals surface area contributed by atoms with Crippen LogP contribution in [0.15, 0.2) is 12.1 Å². The molecular weight excluding hydrogens is 332 g/mol. The highest BCUT2D eigenvalue weighted by Gasteiger charge is 2.43. The maximum absolute atomic E-state index is 12.3. The van der Waals surface area contributed by atoms with Crippen LogP contribution in [0.3, 0.4) is 0 Å². The first-order chi connectivity index (χ1) is 12.5. The van der Waals surface area contributed by atoms with Gasteiger partial charge in [0.1, 0.15) is 6.61 Å². The third-order valence-electron chi connectivity index (χ3n) is 5.83. The minimum Gasteiger partial charge on any atom is -0.454 e. The molecule has 1 aromatic rings. The van der Waals surface area contributed by atoms with Crippen LogP contribution < -0.4 is 9.47 Å². The molecule has 0 aliphatic carbocycles. The van der Waals surface area contributed by atoms with Gasteiger partial charge in [0.25, 0.3) is 0 Å². The van der Waals surface area contributed by atoms with Crippen molar-refractivity contribution >= 4 is 5.91 Å². The maximum atomic E-state index is 12.3. The van der Waals surface area contributed by atoms with Gasteiger partial charge in [0.2, 0.25) is 12.7 Å². The third-order valence-corrected chi connectivity index (χ3v) is 5.83. The number of benzene rings is 1. The molecule has 6 heteroatoms. The number of ether oxygens (including phenoxy) is 3. The molecule has 1 atom stereocenters. The number of aryl methyl sites for hydroxylation is 1. The van der Waals surface area contributed by atoms with Gasteiger partial charge in [-0.25, -0.2) is 0 Å². The summed E-state index contributed by atoms with van der Waals surface area (Å²) in [5.41, 5.74) is 2.55. The van der Waals surface area contributed by atoms with E-state index in [1.807, 2.05) is 4.90 Å². The van der Waals surface area contributed by atoms with Crippen molar-refractivity contribution in [1.29, 1.82) is 0 Å². The second-order valence-electron chi connectivity index (χ2n) is 8.20. The Morgan fingerprint density at radius 3 is 2.73 bits per heavy atom. The molecule has 6 nitrogen and oxygen atoms in total. The fraction of sp³-hybridized carbons (Fsp3) is 0.650. The van der Waals surface area contributed by atoms with Gasteiger partial charge in [0.15, 0.2) is 11.5 Å². The predicted molar refractivity (Wildman–Crippen MR) is 97.3 cm³/mol. The number of hydrogen-bond acceptors (Lipinski definition) is 5. The number of carbonyl (C=O) groups excluding carboxylic acids is 1. The van der Waals surface area contributed by atoms with Crippen molar-refractivity contribution in [3.63, 3.8) is 0 Å². The number of amides is 1. The van der Waals surface area contributed by atoms with E-state index in [0.717, 1.165) is 44.1 Å². The Morgan fingerprint density at radius 2 is 1.96 bits per heavy atom. The Morgan fingerprint density at radius 1 is 1.19 bits per heavy atom. The molecule has 2 fully saturated rings. The number of likely N-dealkylation sites (tertiary alicyclic amines) is 1. The molecule has 2 saturated heterocycles. The van der Waals surface area contributed by atoms with Crippen molar-refractivity contribution in [3.05, 3.63) is 23.3 Å². The first kappa shape index (κ1) is 17.6. The van der Waals surface area contributed by atoms with E-state index in [1.54, 1.807) is 0 Å². The first-order valence-corrected chi connectivity index (χ1v) is 9.44. The summed E-state index contributed by atoms with van der Waals surface area (Å²) in [5, 5.41) is 0. The Kier molecular flexibility index (Phi) is 4.57. The fourth-order valence-corrected chi connectivity index (χ4v) is 4.31. The van der Waals surface area contributed by atoms with E-state index >= 15 is 0 Å². The van der Waals surface area contributed by atoms with Gasteiger partial charge in [-0.05, 0) is 57.0 Å². The Hall–Kier alpha value is -1.79. The average Bonchev–Trinajstić information content (AvgIpc) is 3.15. The number of nitrogens with zero attached hydrogens (tertiary/aromatic N) is 2. The molecule has 142 valence electrons. The smallest absolute Gasteiger partial charge is 0.248 e. The summed E-state index contributed by atoms with van der Waals surface area (Å²) < 4.78 is 16.7. The molecule has 0 aromatic heterocycles. The van der Waals surface area contributed by atoms with Crippen LogP contribution in [0, 0.1) is 12.3 Å². The lowest BCUT2D eigenvalue weighted by molar-refractivity contribution is -0.135. The summed E-state index contributed by atoms with van der Waals surface area (Å²) in [6.45, 7) is 11.1. The number of hydrogen-bond donors (Lipinski definition) is 0. The summed E-state index contributed by atoms with van der Waals surface area (Å²) >= 11 is 0. The highest BCUT2D eigenvalue weighted by molar-refractivity contribution is 5.78. The Balaban J connectivity index is 1.47. The molecule has 26 heavy (non-hydrogen) atoms. The van der Waals surface area contributed by atoms with Crippen LogP contribution in [-0.4, -0.2) is 61.4 Å². The van der Waals surface area contributed by atoms with Crippen LogP contribution >= 0.6 is 0 Å². The van der Waals surface area contributed by atoms with E-state index in [1.165, 1.54) is 11.1 Å². The predicted octanol–water partition coefficient (Wildman–Crippen LogP) is 2.18. The molecular formula is C20H28N2O4. The van der Waals surface area contributed by atoms with Gasteiger partial charge in [0, 0.05) is 31.1 Å². The monoisotopic (exact) mass is 360 g/mol. The molecule has 0 N–H and O–H groups in total. The van der Waals surface area contributed by atoms with Gasteiger partial charge < -0.3 is 19.1 Å². The van der Waals surface area contributed by atoms with Crippen LogP contribution in [0.2, 0.25) is 0 Å². The van der Waals surface area contributed by atoms with Gasteiger partial charge in [-0.3, -0.25) is 9.69 Å². The van der Waals surface area contributed by atoms with Gasteiger partial charge in [-0.2, -0.15) is 0 Å². The summed E-state index contributed by atoms with van der Waals surface area (Å²) in [6.07, 6.45) is 1.06. The van der Waals surface area contributed by atoms with Crippen molar-refractivity contribution in [2.75, 3.05) is 39.6 Å². The lowest BCUT2D eigenvalue weighted by Gasteiger charge is -2.34. The van der Waals surface area contributed by atoms with Crippen LogP contribution in [0.1, 0.15) is 31.4 Å². The van der Waals surface area contributed by atoms with Crippen molar-refractivity contribution in [3.8, 4) is 11.5 Å². The van der Waals surface area contributed by atoms with Crippen LogP contribution in [0.25, 0.3) is 0 Å². The quantitative estimate of drug-likeness (QED) is 0.827. The van der Waals surface area contributed by atoms with Gasteiger partial charge in [-0.1, -0.05) is 0 Å². The normalized spacial score (nSPS) is 26.2. The summed E-state index contributed by atoms with van der Waals surface area (Å²) in [7, 11) is 0. The van der Waals surface area contributed by atoms with E-state index in [0.29, 0.717) is 13.4 Å². The van der Waals surface area contributed by atoms with Crippen molar-refractivity contribution in [2.45, 2.75) is 39.8 Å². The van der Waals surface area contributed by atoms with Gasteiger partial charge in [-0.15, -0.1) is 0 Å². The molecule has 1 spiro atoms. The van der Waals surface area contributed by atoms with E-state index in [4.69, 9.17) is 14.2 Å². The van der Waals surface area contributed by atoms with Gasteiger partial charge >= 0.3 is 0 Å². The molecule has 4 rings (SSSR count). The zero-order valence-electron chi connectivity index (χ0n) is 15.9. The minimum atomic E-state index is 0.0423. The summed E-state index contributed by atoms with van der Waals surface area (Å²) in [6, 6.07) is 4.39. The molecule has 3 aliphatic rings. The Labute approximate surface area is 155 Å². The second kappa shape index (κ2) is 6.74. The zero-order valence-corrected chi connectivity index (χ0v) is 15.9. The molecule has 0 bridgehead atoms. The van der Waals surface area contributed by atoms with Gasteiger partial charge in [0.05, 0.1) is 6.61 Å². The fourth-order valence-electron chi connectivity index (χ4n) is 4.31. The standard InChI is InChI=1S/C20H28N2O4/c1-14(2)22-11-20(12-24-9-19(22)23)4-5-21(10-20)8-16-7-18-17(6-15(16)3)25-13-26-18/h6-7,14H,4-5,8-13H2,1-3H3. The maximum Gasteiger partial charge on any atom is 0.248 e. The largest absolute Gasteiger partial charge is 0.454 e. The highest BCUT2D eigenvalue weighted by atomic mass is 16.7. The number of carbonyl (C=O) groups is 1. The summed E-state index contributed by atoms with van der Waals surface area (Å²) in [4.78, 5) is 16.7. The van der Waals surface area contributed by atoms with E-state index < -0.39 is 0 Å². The molecule has 3 heterocycles. The molecule has 3 aliphatic heterocycles. The SMILES string of the molecule is Cc1cc2c(cc1CN1CCC3(COCC(=O)N(C(C)C)C3)C1)OCO2. The number of rotatable bonds is 3.